The molecule has 164 valence electrons. The van der Waals surface area contributed by atoms with Crippen LogP contribution in [0.2, 0.25) is 0 Å². The van der Waals surface area contributed by atoms with E-state index in [1.165, 1.54) is 15.0 Å². The van der Waals surface area contributed by atoms with Gasteiger partial charge in [-0.1, -0.05) is 43.2 Å². The molecule has 0 spiro atoms. The zero-order chi connectivity index (χ0) is 21.2. The first-order valence-corrected chi connectivity index (χ1v) is 10.7. The Hall–Kier alpha value is -1.14. The molecular weight excluding hydrogens is 571 g/mol. The average Bonchev–Trinajstić information content (AvgIpc) is 3.13. The van der Waals surface area contributed by atoms with E-state index in [4.69, 9.17) is 16.2 Å². The fourth-order valence-corrected chi connectivity index (χ4v) is 4.55. The first-order chi connectivity index (χ1) is 14.0. The van der Waals surface area contributed by atoms with Gasteiger partial charge in [0.2, 0.25) is 0 Å². The fraction of sp³-hybridized carbons (Fsp3) is 0.391. The van der Waals surface area contributed by atoms with Gasteiger partial charge in [-0.05, 0) is 67.4 Å². The van der Waals surface area contributed by atoms with Crippen LogP contribution in [-0.4, -0.2) is 23.1 Å². The molecule has 0 fully saturated rings. The molecule has 1 atom stereocenters. The third-order valence-electron chi connectivity index (χ3n) is 4.91. The molecule has 1 heterocycles. The minimum Gasteiger partial charge on any atom is -0.674 e. The second-order valence-corrected chi connectivity index (χ2v) is 8.54. The SMILES string of the molecule is Cc1cc(CC([NH-])CCCCNCc2cc3ccccc3s2)cc(C)c1F.OO.[W]. The summed E-state index contributed by atoms with van der Waals surface area (Å²) in [5, 5.41) is 16.8. The monoisotopic (exact) mass is 601 g/mol. The van der Waals surface area contributed by atoms with E-state index in [2.05, 4.69) is 35.6 Å². The van der Waals surface area contributed by atoms with Crippen molar-refractivity contribution in [2.75, 3.05) is 6.54 Å². The van der Waals surface area contributed by atoms with Crippen molar-refractivity contribution in [1.29, 1.82) is 0 Å². The summed E-state index contributed by atoms with van der Waals surface area (Å²) in [4.78, 5) is 1.37. The van der Waals surface area contributed by atoms with Crippen LogP contribution in [0.1, 0.15) is 40.8 Å². The molecule has 4 N–H and O–H groups in total. The molecule has 0 saturated carbocycles. The number of hydrogen-bond donors (Lipinski definition) is 3. The van der Waals surface area contributed by atoms with Crippen molar-refractivity contribution in [1.82, 2.24) is 5.32 Å². The van der Waals surface area contributed by atoms with Gasteiger partial charge in [0.25, 0.3) is 0 Å². The van der Waals surface area contributed by atoms with Crippen molar-refractivity contribution in [3.63, 3.8) is 0 Å². The summed E-state index contributed by atoms with van der Waals surface area (Å²) < 4.78 is 15.0. The molecule has 1 unspecified atom stereocenters. The number of fused-ring (bicyclic) bond motifs is 1. The molecule has 0 aliphatic carbocycles. The molecule has 0 amide bonds. The van der Waals surface area contributed by atoms with Crippen molar-refractivity contribution in [3.05, 3.63) is 75.6 Å². The number of benzene rings is 2. The van der Waals surface area contributed by atoms with E-state index in [0.717, 1.165) is 37.9 Å². The van der Waals surface area contributed by atoms with E-state index < -0.39 is 0 Å². The number of unbranched alkanes of at least 4 members (excludes halogenated alkanes) is 1. The molecule has 3 rings (SSSR count). The van der Waals surface area contributed by atoms with Crippen LogP contribution in [0.25, 0.3) is 15.8 Å². The minimum atomic E-state index is -0.120. The standard InChI is InChI=1S/C23H28FN2S.H2O2.W/c1-16-11-18(12-17(2)23(16)24)13-20(25)8-5-6-10-26-15-21-14-19-7-3-4-9-22(19)27-21;1-2;/h3-4,7,9,11-12,14,20,25-26H,5-6,8,10,13,15H2,1-2H3;1-2H;/q-1;;. The Balaban J connectivity index is 0.00000146. The van der Waals surface area contributed by atoms with Crippen LogP contribution in [0.5, 0.6) is 0 Å². The van der Waals surface area contributed by atoms with Crippen molar-refractivity contribution in [3.8, 4) is 0 Å². The zero-order valence-corrected chi connectivity index (χ0v) is 21.2. The largest absolute Gasteiger partial charge is 0.674 e. The van der Waals surface area contributed by atoms with Gasteiger partial charge in [-0.25, -0.2) is 4.39 Å². The van der Waals surface area contributed by atoms with Gasteiger partial charge >= 0.3 is 0 Å². The second-order valence-electron chi connectivity index (χ2n) is 7.37. The van der Waals surface area contributed by atoms with Crippen LogP contribution in [0, 0.1) is 19.7 Å². The quantitative estimate of drug-likeness (QED) is 0.147. The van der Waals surface area contributed by atoms with E-state index in [-0.39, 0.29) is 32.9 Å². The molecule has 0 radical (unpaired) electrons. The molecule has 30 heavy (non-hydrogen) atoms. The fourth-order valence-electron chi connectivity index (χ4n) is 3.52. The number of rotatable bonds is 9. The van der Waals surface area contributed by atoms with E-state index in [1.807, 2.05) is 23.5 Å². The Kier molecular flexibility index (Phi) is 12.6. The predicted octanol–water partition coefficient (Wildman–Crippen LogP) is 6.60. The van der Waals surface area contributed by atoms with Gasteiger partial charge in [0.1, 0.15) is 5.82 Å². The number of nitrogens with one attached hydrogen (secondary N) is 2. The van der Waals surface area contributed by atoms with Crippen LogP contribution in [-0.2, 0) is 34.0 Å². The third kappa shape index (κ3) is 8.18. The first kappa shape index (κ1) is 26.9. The molecule has 3 aromatic rings. The summed E-state index contributed by atoms with van der Waals surface area (Å²) in [6, 6.07) is 14.4. The molecule has 0 bridgehead atoms. The van der Waals surface area contributed by atoms with Crippen molar-refractivity contribution in [2.45, 2.75) is 52.1 Å². The average molecular weight is 601 g/mol. The Labute approximate surface area is 196 Å². The number of halogens is 1. The third-order valence-corrected chi connectivity index (χ3v) is 6.03. The summed E-state index contributed by atoms with van der Waals surface area (Å²) in [7, 11) is 0. The Morgan fingerprint density at radius 2 is 1.73 bits per heavy atom. The molecule has 0 aliphatic rings. The molecular formula is C23H30FN2O2SW-. The van der Waals surface area contributed by atoms with Gasteiger partial charge in [0, 0.05) is 37.2 Å². The maximum Gasteiger partial charge on any atom is 0.129 e. The van der Waals surface area contributed by atoms with Crippen LogP contribution in [0.15, 0.2) is 42.5 Å². The van der Waals surface area contributed by atoms with E-state index in [1.54, 1.807) is 13.8 Å². The number of thiophene rings is 1. The van der Waals surface area contributed by atoms with Crippen LogP contribution >= 0.6 is 11.3 Å². The summed E-state index contributed by atoms with van der Waals surface area (Å²) in [5.41, 5.74) is 10.7. The molecule has 0 aliphatic heterocycles. The molecule has 7 heteroatoms. The predicted molar refractivity (Wildman–Crippen MR) is 120 cm³/mol. The summed E-state index contributed by atoms with van der Waals surface area (Å²) in [6.07, 6.45) is 3.73. The summed E-state index contributed by atoms with van der Waals surface area (Å²) in [5.74, 6) is -0.120. The smallest absolute Gasteiger partial charge is 0.129 e. The minimum absolute atomic E-state index is 0. The Morgan fingerprint density at radius 1 is 1.07 bits per heavy atom. The maximum atomic E-state index is 13.7. The Bertz CT molecular complexity index is 848. The van der Waals surface area contributed by atoms with Crippen molar-refractivity contribution in [2.24, 2.45) is 0 Å². The summed E-state index contributed by atoms with van der Waals surface area (Å²) >= 11 is 1.85. The van der Waals surface area contributed by atoms with Gasteiger partial charge in [-0.15, -0.1) is 17.4 Å². The van der Waals surface area contributed by atoms with Crippen LogP contribution < -0.4 is 5.32 Å². The molecule has 2 aromatic carbocycles. The van der Waals surface area contributed by atoms with E-state index in [0.29, 0.717) is 17.5 Å². The van der Waals surface area contributed by atoms with Crippen LogP contribution in [0.3, 0.4) is 0 Å². The zero-order valence-electron chi connectivity index (χ0n) is 17.5. The van der Waals surface area contributed by atoms with Gasteiger partial charge in [-0.3, -0.25) is 10.5 Å². The summed E-state index contributed by atoms with van der Waals surface area (Å²) in [6.45, 7) is 5.49. The van der Waals surface area contributed by atoms with Gasteiger partial charge in [-0.2, -0.15) is 0 Å². The number of hydrogen-bond acceptors (Lipinski definition) is 4. The van der Waals surface area contributed by atoms with Crippen LogP contribution in [0.4, 0.5) is 4.39 Å². The normalized spacial score (nSPS) is 11.5. The first-order valence-electron chi connectivity index (χ1n) is 9.88. The molecule has 4 nitrogen and oxygen atoms in total. The van der Waals surface area contributed by atoms with E-state index >= 15 is 0 Å². The van der Waals surface area contributed by atoms with Crippen molar-refractivity contribution < 1.29 is 36.0 Å². The van der Waals surface area contributed by atoms with Crippen molar-refractivity contribution >= 4 is 21.4 Å². The number of aryl methyl sites for hydroxylation is 2. The van der Waals surface area contributed by atoms with Gasteiger partial charge in [0.05, 0.1) is 0 Å². The van der Waals surface area contributed by atoms with Gasteiger partial charge in [0.15, 0.2) is 0 Å². The maximum absolute atomic E-state index is 13.7. The topological polar surface area (TPSA) is 76.3 Å². The Morgan fingerprint density at radius 3 is 2.40 bits per heavy atom. The second kappa shape index (κ2) is 14.0. The van der Waals surface area contributed by atoms with E-state index in [9.17, 15) is 4.39 Å². The molecule has 1 aromatic heterocycles. The molecule has 0 saturated heterocycles. The van der Waals surface area contributed by atoms with Gasteiger partial charge < -0.3 is 11.1 Å².